The van der Waals surface area contributed by atoms with Crippen LogP contribution in [0.15, 0.2) is 0 Å². The second-order valence-electron chi connectivity index (χ2n) is 2.75. The minimum atomic E-state index is -1.81. The second-order valence-corrected chi connectivity index (χ2v) is 3.54. The van der Waals surface area contributed by atoms with Crippen LogP contribution in [0.25, 0.3) is 0 Å². The Morgan fingerprint density at radius 2 is 2.10 bits per heavy atom. The lowest BCUT2D eigenvalue weighted by Gasteiger charge is -2.05. The zero-order valence-electron chi connectivity index (χ0n) is 5.88. The summed E-state index contributed by atoms with van der Waals surface area (Å²) in [6, 6.07) is 0. The van der Waals surface area contributed by atoms with Crippen molar-refractivity contribution in [3.05, 3.63) is 0 Å². The van der Waals surface area contributed by atoms with E-state index in [0.29, 0.717) is 12.5 Å². The Bertz CT molecular complexity index is 123. The lowest BCUT2D eigenvalue weighted by atomic mass is 10.1. The summed E-state index contributed by atoms with van der Waals surface area (Å²) in [5.41, 5.74) is 0. The Morgan fingerprint density at radius 3 is 2.60 bits per heavy atom. The van der Waals surface area contributed by atoms with Gasteiger partial charge in [-0.25, -0.2) is 8.93 Å². The van der Waals surface area contributed by atoms with Crippen LogP contribution in [-0.4, -0.2) is 15.3 Å². The molecule has 3 nitrogen and oxygen atoms in total. The molecule has 1 unspecified atom stereocenters. The summed E-state index contributed by atoms with van der Waals surface area (Å²) in [7, 11) is 0. The fourth-order valence-corrected chi connectivity index (χ4v) is 1.78. The van der Waals surface area contributed by atoms with E-state index >= 15 is 0 Å². The van der Waals surface area contributed by atoms with Crippen LogP contribution in [-0.2, 0) is 11.3 Å². The summed E-state index contributed by atoms with van der Waals surface area (Å²) < 4.78 is 21.0. The van der Waals surface area contributed by atoms with E-state index in [1.54, 1.807) is 0 Å². The molecule has 1 saturated carbocycles. The van der Waals surface area contributed by atoms with E-state index < -0.39 is 11.3 Å². The molecule has 1 fully saturated rings. The van der Waals surface area contributed by atoms with Gasteiger partial charge in [-0.2, -0.15) is 0 Å². The Morgan fingerprint density at radius 1 is 1.50 bits per heavy atom. The summed E-state index contributed by atoms with van der Waals surface area (Å²) in [6.45, 7) is 0.698. The molecule has 0 spiro atoms. The van der Waals surface area contributed by atoms with Gasteiger partial charge in [-0.15, -0.1) is 0 Å². The number of hydrogen-bond donors (Lipinski definition) is 2. The molecule has 4 heteroatoms. The van der Waals surface area contributed by atoms with Gasteiger partial charge < -0.3 is 0 Å². The van der Waals surface area contributed by atoms with Gasteiger partial charge in [0.2, 0.25) is 11.3 Å². The normalized spacial score (nSPS) is 23.3. The van der Waals surface area contributed by atoms with Gasteiger partial charge in [0.25, 0.3) is 0 Å². The average Bonchev–Trinajstić information content (AvgIpc) is 2.34. The maximum atomic E-state index is 10.2. The lowest BCUT2D eigenvalue weighted by molar-refractivity contribution is 0.505. The van der Waals surface area contributed by atoms with Crippen molar-refractivity contribution in [3.63, 3.8) is 0 Å². The van der Waals surface area contributed by atoms with Gasteiger partial charge in [-0.1, -0.05) is 12.8 Å². The Hall–Kier alpha value is 0.0700. The van der Waals surface area contributed by atoms with Crippen molar-refractivity contribution in [2.75, 3.05) is 6.54 Å². The monoisotopic (exact) mass is 163 g/mol. The Balaban J connectivity index is 2.07. The van der Waals surface area contributed by atoms with E-state index in [0.717, 1.165) is 0 Å². The zero-order valence-corrected chi connectivity index (χ0v) is 6.69. The predicted molar refractivity (Wildman–Crippen MR) is 40.7 cm³/mol. The van der Waals surface area contributed by atoms with Gasteiger partial charge >= 0.3 is 0 Å². The first-order valence-electron chi connectivity index (χ1n) is 3.63. The molecular weight excluding hydrogens is 150 g/mol. The lowest BCUT2D eigenvalue weighted by Crippen LogP contribution is -2.22. The molecule has 0 saturated heterocycles. The van der Waals surface area contributed by atoms with Crippen LogP contribution in [0.5, 0.6) is 0 Å². The second kappa shape index (κ2) is 4.05. The molecule has 1 aliphatic rings. The number of hydrogen-bond acceptors (Lipinski definition) is 1. The molecule has 1 rings (SSSR count). The van der Waals surface area contributed by atoms with Crippen molar-refractivity contribution in [1.29, 1.82) is 0 Å². The van der Waals surface area contributed by atoms with E-state index in [9.17, 15) is 4.21 Å². The van der Waals surface area contributed by atoms with Gasteiger partial charge in [0, 0.05) is 6.54 Å². The van der Waals surface area contributed by atoms with E-state index in [-0.39, 0.29) is 0 Å². The summed E-state index contributed by atoms with van der Waals surface area (Å²) in [6.07, 6.45) is 4.99. The van der Waals surface area contributed by atoms with Crippen molar-refractivity contribution < 1.29 is 8.76 Å². The predicted octanol–water partition coefficient (Wildman–Crippen LogP) is 0.903. The number of nitrogens with one attached hydrogen (secondary N) is 1. The first kappa shape index (κ1) is 8.17. The largest absolute Gasteiger partial charge is 0.294 e. The molecule has 0 aromatic carbocycles. The summed E-state index contributed by atoms with van der Waals surface area (Å²) in [5, 5.41) is 0. The fraction of sp³-hybridized carbons (Fsp3) is 1.00. The first-order chi connectivity index (χ1) is 4.79. The molecule has 60 valence electrons. The van der Waals surface area contributed by atoms with E-state index in [1.807, 2.05) is 0 Å². The molecule has 0 amide bonds. The molecule has 2 N–H and O–H groups in total. The molecule has 1 atom stereocenters. The minimum Gasteiger partial charge on any atom is -0.294 e. The van der Waals surface area contributed by atoms with Crippen LogP contribution in [0, 0.1) is 5.92 Å². The maximum Gasteiger partial charge on any atom is 0.231 e. The van der Waals surface area contributed by atoms with Crippen LogP contribution in [0.1, 0.15) is 25.7 Å². The van der Waals surface area contributed by atoms with Crippen molar-refractivity contribution in [1.82, 2.24) is 4.72 Å². The summed E-state index contributed by atoms with van der Waals surface area (Å²) in [4.78, 5) is 0. The highest BCUT2D eigenvalue weighted by Gasteiger charge is 2.14. The van der Waals surface area contributed by atoms with Crippen molar-refractivity contribution in [2.24, 2.45) is 5.92 Å². The molecule has 0 radical (unpaired) electrons. The van der Waals surface area contributed by atoms with Gasteiger partial charge in [-0.05, 0) is 18.8 Å². The molecule has 10 heavy (non-hydrogen) atoms. The highest BCUT2D eigenvalue weighted by Crippen LogP contribution is 2.23. The number of rotatable bonds is 3. The average molecular weight is 163 g/mol. The molecule has 0 bridgehead atoms. The van der Waals surface area contributed by atoms with Crippen LogP contribution >= 0.6 is 0 Å². The maximum absolute atomic E-state index is 10.2. The third-order valence-corrected chi connectivity index (χ3v) is 2.38. The molecule has 0 heterocycles. The Kier molecular flexibility index (Phi) is 3.31. The highest BCUT2D eigenvalue weighted by atomic mass is 32.2. The molecule has 0 aromatic heterocycles. The van der Waals surface area contributed by atoms with Crippen LogP contribution in [0.4, 0.5) is 0 Å². The first-order valence-corrected chi connectivity index (χ1v) is 4.74. The summed E-state index contributed by atoms with van der Waals surface area (Å²) in [5.74, 6) is 0.635. The Labute approximate surface area is 63.6 Å². The van der Waals surface area contributed by atoms with Gasteiger partial charge in [-0.3, -0.25) is 4.55 Å². The third-order valence-electron chi connectivity index (χ3n) is 1.97. The van der Waals surface area contributed by atoms with Gasteiger partial charge in [0.15, 0.2) is 0 Å². The SMILES string of the molecule is O=S(O)NCC1CCCC1. The third kappa shape index (κ3) is 2.77. The van der Waals surface area contributed by atoms with Gasteiger partial charge in [0.05, 0.1) is 0 Å². The highest BCUT2D eigenvalue weighted by molar-refractivity contribution is 7.77. The van der Waals surface area contributed by atoms with Crippen LogP contribution in [0.3, 0.4) is 0 Å². The smallest absolute Gasteiger partial charge is 0.231 e. The standard InChI is InChI=1S/C6H13NO2S/c8-10(9)7-5-6-3-1-2-4-6/h6-7H,1-5H2,(H,8,9). The molecule has 0 aromatic rings. The molecule has 1 aliphatic carbocycles. The van der Waals surface area contributed by atoms with Crippen molar-refractivity contribution in [2.45, 2.75) is 25.7 Å². The van der Waals surface area contributed by atoms with E-state index in [2.05, 4.69) is 4.72 Å². The van der Waals surface area contributed by atoms with Gasteiger partial charge in [0.1, 0.15) is 0 Å². The van der Waals surface area contributed by atoms with Crippen molar-refractivity contribution in [3.8, 4) is 0 Å². The fourth-order valence-electron chi connectivity index (χ4n) is 1.40. The van der Waals surface area contributed by atoms with Crippen molar-refractivity contribution >= 4 is 11.3 Å². The summed E-state index contributed by atoms with van der Waals surface area (Å²) >= 11 is -1.81. The minimum absolute atomic E-state index is 0.635. The quantitative estimate of drug-likeness (QED) is 0.607. The van der Waals surface area contributed by atoms with Crippen LogP contribution < -0.4 is 4.72 Å². The van der Waals surface area contributed by atoms with E-state index in [4.69, 9.17) is 4.55 Å². The van der Waals surface area contributed by atoms with E-state index in [1.165, 1.54) is 25.7 Å². The molecular formula is C6H13NO2S. The molecule has 0 aliphatic heterocycles. The zero-order chi connectivity index (χ0) is 7.40. The van der Waals surface area contributed by atoms with Crippen LogP contribution in [0.2, 0.25) is 0 Å². The topological polar surface area (TPSA) is 49.3 Å².